The molecule has 0 saturated heterocycles. The van der Waals surface area contributed by atoms with E-state index in [1.54, 1.807) is 7.11 Å². The summed E-state index contributed by atoms with van der Waals surface area (Å²) in [4.78, 5) is 11.5. The first kappa shape index (κ1) is 14.5. The minimum absolute atomic E-state index is 0.0887. The van der Waals surface area contributed by atoms with Crippen molar-refractivity contribution >= 4 is 5.91 Å². The van der Waals surface area contributed by atoms with Gasteiger partial charge in [-0.05, 0) is 24.6 Å². The molecule has 0 bridgehead atoms. The smallest absolute Gasteiger partial charge is 0.221 e. The van der Waals surface area contributed by atoms with E-state index < -0.39 is 0 Å². The summed E-state index contributed by atoms with van der Waals surface area (Å²) in [6, 6.07) is 7.87. The normalized spacial score (nSPS) is 10.1. The van der Waals surface area contributed by atoms with Crippen LogP contribution in [0.5, 0.6) is 5.75 Å². The lowest BCUT2D eigenvalue weighted by Gasteiger charge is -2.09. The number of carbonyl (C=O) groups is 1. The molecule has 1 aromatic carbocycles. The second-order valence-electron chi connectivity index (χ2n) is 4.02. The fourth-order valence-electron chi connectivity index (χ4n) is 1.71. The molecule has 0 spiro atoms. The van der Waals surface area contributed by atoms with E-state index in [2.05, 4.69) is 10.6 Å². The molecular weight excluding hydrogens is 228 g/mol. The van der Waals surface area contributed by atoms with Gasteiger partial charge >= 0.3 is 0 Å². The molecule has 0 aliphatic heterocycles. The Morgan fingerprint density at radius 1 is 1.28 bits per heavy atom. The van der Waals surface area contributed by atoms with E-state index in [9.17, 15) is 4.79 Å². The van der Waals surface area contributed by atoms with Crippen LogP contribution in [0.4, 0.5) is 0 Å². The van der Waals surface area contributed by atoms with Crippen molar-refractivity contribution in [2.24, 2.45) is 0 Å². The standard InChI is InChI=1S/C14H22N2O2/c1-3-15-10-9-14(17)16-11-8-12-6-4-5-7-13(12)18-2/h4-7,15H,3,8-11H2,1-2H3,(H,16,17). The average Bonchev–Trinajstić information content (AvgIpc) is 2.39. The maximum absolute atomic E-state index is 11.5. The van der Waals surface area contributed by atoms with E-state index in [-0.39, 0.29) is 5.91 Å². The number of benzene rings is 1. The molecule has 0 radical (unpaired) electrons. The molecular formula is C14H22N2O2. The van der Waals surface area contributed by atoms with Crippen LogP contribution in [0.15, 0.2) is 24.3 Å². The van der Waals surface area contributed by atoms with Gasteiger partial charge in [0.15, 0.2) is 0 Å². The van der Waals surface area contributed by atoms with E-state index in [0.717, 1.165) is 30.8 Å². The van der Waals surface area contributed by atoms with E-state index in [0.29, 0.717) is 13.0 Å². The molecule has 0 saturated carbocycles. The number of carbonyl (C=O) groups excluding carboxylic acids is 1. The summed E-state index contributed by atoms with van der Waals surface area (Å²) in [5.41, 5.74) is 1.12. The van der Waals surface area contributed by atoms with Crippen LogP contribution in [0.2, 0.25) is 0 Å². The summed E-state index contributed by atoms with van der Waals surface area (Å²) < 4.78 is 5.26. The topological polar surface area (TPSA) is 50.4 Å². The maximum Gasteiger partial charge on any atom is 0.221 e. The third-order valence-corrected chi connectivity index (χ3v) is 2.69. The summed E-state index contributed by atoms with van der Waals surface area (Å²) >= 11 is 0. The number of hydrogen-bond donors (Lipinski definition) is 2. The molecule has 0 atom stereocenters. The molecule has 0 aliphatic carbocycles. The lowest BCUT2D eigenvalue weighted by Crippen LogP contribution is -2.29. The molecule has 0 unspecified atom stereocenters. The Kier molecular flexibility index (Phi) is 6.87. The van der Waals surface area contributed by atoms with Crippen LogP contribution >= 0.6 is 0 Å². The SMILES string of the molecule is CCNCCC(=O)NCCc1ccccc1OC. The van der Waals surface area contributed by atoms with Crippen molar-refractivity contribution in [3.8, 4) is 5.75 Å². The molecule has 4 heteroatoms. The zero-order valence-electron chi connectivity index (χ0n) is 11.2. The van der Waals surface area contributed by atoms with Gasteiger partial charge in [-0.1, -0.05) is 25.1 Å². The van der Waals surface area contributed by atoms with Crippen molar-refractivity contribution in [3.63, 3.8) is 0 Å². The van der Waals surface area contributed by atoms with Gasteiger partial charge in [-0.25, -0.2) is 0 Å². The van der Waals surface area contributed by atoms with Crippen molar-refractivity contribution < 1.29 is 9.53 Å². The summed E-state index contributed by atoms with van der Waals surface area (Å²) in [6.07, 6.45) is 1.32. The molecule has 1 rings (SSSR count). The highest BCUT2D eigenvalue weighted by Gasteiger charge is 2.03. The molecule has 0 heterocycles. The second-order valence-corrected chi connectivity index (χ2v) is 4.02. The zero-order valence-corrected chi connectivity index (χ0v) is 11.2. The highest BCUT2D eigenvalue weighted by atomic mass is 16.5. The van der Waals surface area contributed by atoms with Crippen molar-refractivity contribution in [2.75, 3.05) is 26.7 Å². The molecule has 100 valence electrons. The molecule has 0 aromatic heterocycles. The Morgan fingerprint density at radius 3 is 2.78 bits per heavy atom. The number of rotatable bonds is 8. The van der Waals surface area contributed by atoms with Crippen molar-refractivity contribution in [1.82, 2.24) is 10.6 Å². The summed E-state index contributed by atoms with van der Waals surface area (Å²) in [7, 11) is 1.66. The largest absolute Gasteiger partial charge is 0.496 e. The molecule has 1 aromatic rings. The third kappa shape index (κ3) is 5.19. The average molecular weight is 250 g/mol. The van der Waals surface area contributed by atoms with Crippen LogP contribution in [0.25, 0.3) is 0 Å². The molecule has 4 nitrogen and oxygen atoms in total. The van der Waals surface area contributed by atoms with Crippen LogP contribution < -0.4 is 15.4 Å². The van der Waals surface area contributed by atoms with Gasteiger partial charge in [0.05, 0.1) is 7.11 Å². The highest BCUT2D eigenvalue weighted by molar-refractivity contribution is 5.76. The van der Waals surface area contributed by atoms with Crippen LogP contribution in [-0.2, 0) is 11.2 Å². The molecule has 0 fully saturated rings. The van der Waals surface area contributed by atoms with E-state index in [1.807, 2.05) is 31.2 Å². The Balaban J connectivity index is 2.26. The molecule has 2 N–H and O–H groups in total. The van der Waals surface area contributed by atoms with E-state index in [4.69, 9.17) is 4.74 Å². The van der Waals surface area contributed by atoms with Gasteiger partial charge in [0, 0.05) is 19.5 Å². The number of para-hydroxylation sites is 1. The van der Waals surface area contributed by atoms with Gasteiger partial charge in [0.25, 0.3) is 0 Å². The summed E-state index contributed by atoms with van der Waals surface area (Å²) in [6.45, 7) is 4.30. The van der Waals surface area contributed by atoms with Crippen LogP contribution in [0.3, 0.4) is 0 Å². The first-order chi connectivity index (χ1) is 8.77. The first-order valence-electron chi connectivity index (χ1n) is 6.37. The van der Waals surface area contributed by atoms with Crippen LogP contribution in [0, 0.1) is 0 Å². The summed E-state index contributed by atoms with van der Waals surface area (Å²) in [5, 5.41) is 6.03. The minimum atomic E-state index is 0.0887. The number of nitrogens with one attached hydrogen (secondary N) is 2. The van der Waals surface area contributed by atoms with Crippen molar-refractivity contribution in [1.29, 1.82) is 0 Å². The van der Waals surface area contributed by atoms with E-state index >= 15 is 0 Å². The first-order valence-corrected chi connectivity index (χ1v) is 6.37. The van der Waals surface area contributed by atoms with Gasteiger partial charge < -0.3 is 15.4 Å². The monoisotopic (exact) mass is 250 g/mol. The fourth-order valence-corrected chi connectivity index (χ4v) is 1.71. The van der Waals surface area contributed by atoms with Gasteiger partial charge in [0.1, 0.15) is 5.75 Å². The predicted molar refractivity (Wildman–Crippen MR) is 72.9 cm³/mol. The zero-order chi connectivity index (χ0) is 13.2. The van der Waals surface area contributed by atoms with Gasteiger partial charge in [0.2, 0.25) is 5.91 Å². The van der Waals surface area contributed by atoms with Crippen molar-refractivity contribution in [3.05, 3.63) is 29.8 Å². The lowest BCUT2D eigenvalue weighted by atomic mass is 10.1. The minimum Gasteiger partial charge on any atom is -0.496 e. The van der Waals surface area contributed by atoms with Crippen LogP contribution in [0.1, 0.15) is 18.9 Å². The summed E-state index contributed by atoms with van der Waals surface area (Å²) in [5.74, 6) is 0.963. The Labute approximate surface area is 109 Å². The van der Waals surface area contributed by atoms with Crippen LogP contribution in [-0.4, -0.2) is 32.7 Å². The van der Waals surface area contributed by atoms with Crippen molar-refractivity contribution in [2.45, 2.75) is 19.8 Å². The number of hydrogen-bond acceptors (Lipinski definition) is 3. The highest BCUT2D eigenvalue weighted by Crippen LogP contribution is 2.17. The fraction of sp³-hybridized carbons (Fsp3) is 0.500. The molecule has 1 amide bonds. The molecule has 0 aliphatic rings. The van der Waals surface area contributed by atoms with Gasteiger partial charge in [-0.15, -0.1) is 0 Å². The number of ether oxygens (including phenoxy) is 1. The maximum atomic E-state index is 11.5. The Morgan fingerprint density at radius 2 is 2.06 bits per heavy atom. The third-order valence-electron chi connectivity index (χ3n) is 2.69. The number of amides is 1. The Hall–Kier alpha value is -1.55. The molecule has 18 heavy (non-hydrogen) atoms. The predicted octanol–water partition coefficient (Wildman–Crippen LogP) is 1.35. The van der Waals surface area contributed by atoms with Gasteiger partial charge in [-0.2, -0.15) is 0 Å². The van der Waals surface area contributed by atoms with E-state index in [1.165, 1.54) is 0 Å². The van der Waals surface area contributed by atoms with Gasteiger partial charge in [-0.3, -0.25) is 4.79 Å². The quantitative estimate of drug-likeness (QED) is 0.685. The lowest BCUT2D eigenvalue weighted by molar-refractivity contribution is -0.120. The Bertz CT molecular complexity index is 367. The second kappa shape index (κ2) is 8.53. The number of methoxy groups -OCH3 is 1.